The average Bonchev–Trinajstić information content (AvgIpc) is 2.86. The van der Waals surface area contributed by atoms with Crippen molar-refractivity contribution in [3.63, 3.8) is 0 Å². The number of carbonyl (C=O) groups excluding carboxylic acids is 1. The molecule has 2 unspecified atom stereocenters. The molecule has 1 aliphatic rings. The zero-order chi connectivity index (χ0) is 12.7. The molecule has 1 fully saturated rings. The second-order valence-corrected chi connectivity index (χ2v) is 5.05. The zero-order valence-corrected chi connectivity index (χ0v) is 11.5. The Morgan fingerprint density at radius 3 is 2.47 bits per heavy atom. The zero-order valence-electron chi connectivity index (χ0n) is 11.5. The van der Waals surface area contributed by atoms with Crippen LogP contribution < -0.4 is 10.6 Å². The van der Waals surface area contributed by atoms with Crippen molar-refractivity contribution in [3.8, 4) is 0 Å². The second kappa shape index (κ2) is 7.67. The third kappa shape index (κ3) is 5.04. The first-order valence-electron chi connectivity index (χ1n) is 6.87. The van der Waals surface area contributed by atoms with Gasteiger partial charge in [-0.05, 0) is 39.4 Å². The van der Waals surface area contributed by atoms with Gasteiger partial charge in [-0.2, -0.15) is 0 Å². The molecule has 0 spiro atoms. The molecule has 1 saturated heterocycles. The lowest BCUT2D eigenvalue weighted by Gasteiger charge is -2.24. The largest absolute Gasteiger partial charge is 0.354 e. The molecule has 4 nitrogen and oxygen atoms in total. The minimum Gasteiger partial charge on any atom is -0.354 e. The predicted molar refractivity (Wildman–Crippen MR) is 71.0 cm³/mol. The van der Waals surface area contributed by atoms with E-state index in [1.807, 2.05) is 6.92 Å². The van der Waals surface area contributed by atoms with Crippen molar-refractivity contribution in [2.75, 3.05) is 32.7 Å². The molecule has 0 aromatic heterocycles. The van der Waals surface area contributed by atoms with Gasteiger partial charge in [-0.3, -0.25) is 9.69 Å². The Labute approximate surface area is 105 Å². The highest BCUT2D eigenvalue weighted by Gasteiger charge is 2.19. The maximum atomic E-state index is 11.8. The fraction of sp³-hybridized carbons (Fsp3) is 0.923. The Morgan fingerprint density at radius 1 is 1.24 bits per heavy atom. The van der Waals surface area contributed by atoms with Crippen molar-refractivity contribution >= 4 is 5.91 Å². The highest BCUT2D eigenvalue weighted by atomic mass is 16.1. The van der Waals surface area contributed by atoms with Crippen molar-refractivity contribution in [2.45, 2.75) is 39.7 Å². The summed E-state index contributed by atoms with van der Waals surface area (Å²) in [7, 11) is 0. The number of amides is 1. The second-order valence-electron chi connectivity index (χ2n) is 5.05. The molecular formula is C13H27N3O. The average molecular weight is 241 g/mol. The van der Waals surface area contributed by atoms with E-state index in [0.29, 0.717) is 6.04 Å². The molecule has 2 N–H and O–H groups in total. The van der Waals surface area contributed by atoms with Gasteiger partial charge in [-0.25, -0.2) is 0 Å². The van der Waals surface area contributed by atoms with Crippen LogP contribution in [-0.4, -0.2) is 49.6 Å². The number of rotatable bonds is 7. The summed E-state index contributed by atoms with van der Waals surface area (Å²) in [5.74, 6) is 0.220. The molecule has 1 rings (SSSR count). The number of carbonyl (C=O) groups is 1. The maximum Gasteiger partial charge on any atom is 0.224 e. The summed E-state index contributed by atoms with van der Waals surface area (Å²) in [5, 5.41) is 6.25. The molecule has 0 radical (unpaired) electrons. The Bertz CT molecular complexity index is 227. The van der Waals surface area contributed by atoms with Gasteiger partial charge in [0.2, 0.25) is 5.91 Å². The minimum atomic E-state index is 0.0562. The predicted octanol–water partition coefficient (Wildman–Crippen LogP) is 0.833. The van der Waals surface area contributed by atoms with Crippen LogP contribution in [0.3, 0.4) is 0 Å². The van der Waals surface area contributed by atoms with E-state index in [2.05, 4.69) is 29.4 Å². The van der Waals surface area contributed by atoms with Crippen LogP contribution in [0.15, 0.2) is 0 Å². The highest BCUT2D eigenvalue weighted by molar-refractivity contribution is 5.78. The van der Waals surface area contributed by atoms with Gasteiger partial charge in [-0.1, -0.05) is 13.8 Å². The lowest BCUT2D eigenvalue weighted by molar-refractivity contribution is -0.124. The first-order chi connectivity index (χ1) is 8.15. The van der Waals surface area contributed by atoms with Crippen molar-refractivity contribution in [3.05, 3.63) is 0 Å². The van der Waals surface area contributed by atoms with Crippen molar-refractivity contribution < 1.29 is 4.79 Å². The van der Waals surface area contributed by atoms with Crippen molar-refractivity contribution in [1.29, 1.82) is 0 Å². The lowest BCUT2D eigenvalue weighted by Crippen LogP contribution is -2.43. The summed E-state index contributed by atoms with van der Waals surface area (Å²) >= 11 is 0. The smallest absolute Gasteiger partial charge is 0.224 e. The number of likely N-dealkylation sites (tertiary alicyclic amines) is 1. The van der Waals surface area contributed by atoms with E-state index < -0.39 is 0 Å². The van der Waals surface area contributed by atoms with Crippen molar-refractivity contribution in [2.24, 2.45) is 5.92 Å². The third-order valence-electron chi connectivity index (χ3n) is 3.48. The van der Waals surface area contributed by atoms with Gasteiger partial charge in [0.25, 0.3) is 0 Å². The van der Waals surface area contributed by atoms with E-state index in [0.717, 1.165) is 19.6 Å². The highest BCUT2D eigenvalue weighted by Crippen LogP contribution is 2.10. The van der Waals surface area contributed by atoms with Crippen LogP contribution in [0.2, 0.25) is 0 Å². The number of hydrogen-bond acceptors (Lipinski definition) is 3. The van der Waals surface area contributed by atoms with E-state index in [9.17, 15) is 4.79 Å². The SMILES string of the molecule is CCNCC(C)C(=O)NCC(C)N1CCCC1. The number of nitrogens with one attached hydrogen (secondary N) is 2. The fourth-order valence-electron chi connectivity index (χ4n) is 2.19. The molecule has 0 saturated carbocycles. The Morgan fingerprint density at radius 2 is 1.88 bits per heavy atom. The Balaban J connectivity index is 2.17. The van der Waals surface area contributed by atoms with Gasteiger partial charge < -0.3 is 10.6 Å². The minimum absolute atomic E-state index is 0.0562. The van der Waals surface area contributed by atoms with Crippen molar-refractivity contribution in [1.82, 2.24) is 15.5 Å². The molecule has 0 aromatic rings. The van der Waals surface area contributed by atoms with Crippen LogP contribution in [0.5, 0.6) is 0 Å². The van der Waals surface area contributed by atoms with Crippen LogP contribution in [0.1, 0.15) is 33.6 Å². The van der Waals surface area contributed by atoms with Gasteiger partial charge in [0.1, 0.15) is 0 Å². The first-order valence-corrected chi connectivity index (χ1v) is 6.87. The van der Waals surface area contributed by atoms with E-state index in [1.54, 1.807) is 0 Å². The van der Waals surface area contributed by atoms with E-state index in [1.165, 1.54) is 25.9 Å². The number of hydrogen-bond donors (Lipinski definition) is 2. The Hall–Kier alpha value is -0.610. The third-order valence-corrected chi connectivity index (χ3v) is 3.48. The van der Waals surface area contributed by atoms with E-state index >= 15 is 0 Å². The molecule has 1 aliphatic heterocycles. The molecule has 1 heterocycles. The van der Waals surface area contributed by atoms with Gasteiger partial charge in [0, 0.05) is 25.0 Å². The Kier molecular flexibility index (Phi) is 6.52. The first kappa shape index (κ1) is 14.5. The quantitative estimate of drug-likeness (QED) is 0.694. The molecule has 1 amide bonds. The van der Waals surface area contributed by atoms with Gasteiger partial charge >= 0.3 is 0 Å². The number of nitrogens with zero attached hydrogens (tertiary/aromatic N) is 1. The normalized spacial score (nSPS) is 20.2. The molecule has 0 aliphatic carbocycles. The van der Waals surface area contributed by atoms with Crippen LogP contribution in [0, 0.1) is 5.92 Å². The lowest BCUT2D eigenvalue weighted by atomic mass is 10.1. The van der Waals surface area contributed by atoms with Crippen LogP contribution in [0.25, 0.3) is 0 Å². The summed E-state index contributed by atoms with van der Waals surface area (Å²) in [6, 6.07) is 0.466. The van der Waals surface area contributed by atoms with Crippen LogP contribution >= 0.6 is 0 Å². The standard InChI is InChI=1S/C13H27N3O/c1-4-14-9-11(2)13(17)15-10-12(3)16-7-5-6-8-16/h11-12,14H,4-10H2,1-3H3,(H,15,17). The molecule has 17 heavy (non-hydrogen) atoms. The topological polar surface area (TPSA) is 44.4 Å². The summed E-state index contributed by atoms with van der Waals surface area (Å²) in [4.78, 5) is 14.3. The summed E-state index contributed by atoms with van der Waals surface area (Å²) in [6.45, 7) is 11.0. The summed E-state index contributed by atoms with van der Waals surface area (Å²) in [5.41, 5.74) is 0. The monoisotopic (exact) mass is 241 g/mol. The molecular weight excluding hydrogens is 214 g/mol. The van der Waals surface area contributed by atoms with E-state index in [-0.39, 0.29) is 11.8 Å². The molecule has 100 valence electrons. The van der Waals surface area contributed by atoms with Gasteiger partial charge in [-0.15, -0.1) is 0 Å². The summed E-state index contributed by atoms with van der Waals surface area (Å²) < 4.78 is 0. The van der Waals surface area contributed by atoms with Gasteiger partial charge in [0.15, 0.2) is 0 Å². The molecule has 0 bridgehead atoms. The molecule has 2 atom stereocenters. The maximum absolute atomic E-state index is 11.8. The molecule has 0 aromatic carbocycles. The summed E-state index contributed by atoms with van der Waals surface area (Å²) in [6.07, 6.45) is 2.60. The van der Waals surface area contributed by atoms with Gasteiger partial charge in [0.05, 0.1) is 0 Å². The van der Waals surface area contributed by atoms with Crippen LogP contribution in [-0.2, 0) is 4.79 Å². The molecule has 4 heteroatoms. The van der Waals surface area contributed by atoms with E-state index in [4.69, 9.17) is 0 Å². The fourth-order valence-corrected chi connectivity index (χ4v) is 2.19. The van der Waals surface area contributed by atoms with Crippen LogP contribution in [0.4, 0.5) is 0 Å².